The quantitative estimate of drug-likeness (QED) is 0.911. The van der Waals surface area contributed by atoms with E-state index in [1.165, 1.54) is 0 Å². The molecule has 0 atom stereocenters. The van der Waals surface area contributed by atoms with E-state index in [4.69, 9.17) is 28.3 Å². The fourth-order valence-electron chi connectivity index (χ4n) is 1.82. The first-order chi connectivity index (χ1) is 8.58. The van der Waals surface area contributed by atoms with Gasteiger partial charge in [-0.3, -0.25) is 4.79 Å². The summed E-state index contributed by atoms with van der Waals surface area (Å²) < 4.78 is 0. The zero-order valence-electron chi connectivity index (χ0n) is 9.36. The maximum Gasteiger partial charge on any atom is 0.307 e. The largest absolute Gasteiger partial charge is 0.481 e. The van der Waals surface area contributed by atoms with Crippen molar-refractivity contribution in [2.75, 3.05) is 0 Å². The number of aliphatic carboxylic acids is 1. The van der Waals surface area contributed by atoms with Gasteiger partial charge >= 0.3 is 5.97 Å². The van der Waals surface area contributed by atoms with E-state index in [9.17, 15) is 4.79 Å². The van der Waals surface area contributed by atoms with Gasteiger partial charge in [0, 0.05) is 10.0 Å². The van der Waals surface area contributed by atoms with Gasteiger partial charge in [-0.05, 0) is 34.9 Å². The van der Waals surface area contributed by atoms with Crippen LogP contribution in [0.3, 0.4) is 0 Å². The molecule has 0 unspecified atom stereocenters. The Morgan fingerprint density at radius 2 is 1.83 bits per heavy atom. The standard InChI is InChI=1S/C14H10Cl2O2/c15-10-4-1-3-9(7-10)11-5-2-6-13(16)12(11)8-14(17)18/h1-7H,8H2,(H,17,18). The number of rotatable bonds is 3. The van der Waals surface area contributed by atoms with E-state index in [2.05, 4.69) is 0 Å². The molecule has 1 N–H and O–H groups in total. The number of carboxylic acid groups (broad SMARTS) is 1. The molecule has 0 saturated heterocycles. The lowest BCUT2D eigenvalue weighted by Gasteiger charge is -2.10. The second-order valence-corrected chi connectivity index (χ2v) is 4.69. The first-order valence-electron chi connectivity index (χ1n) is 5.33. The van der Waals surface area contributed by atoms with Gasteiger partial charge in [-0.2, -0.15) is 0 Å². The maximum atomic E-state index is 10.9. The number of carboxylic acids is 1. The van der Waals surface area contributed by atoms with E-state index >= 15 is 0 Å². The van der Waals surface area contributed by atoms with E-state index < -0.39 is 5.97 Å². The highest BCUT2D eigenvalue weighted by atomic mass is 35.5. The van der Waals surface area contributed by atoms with Gasteiger partial charge in [0.1, 0.15) is 0 Å². The van der Waals surface area contributed by atoms with E-state index in [0.29, 0.717) is 15.6 Å². The summed E-state index contributed by atoms with van der Waals surface area (Å²) in [6.45, 7) is 0. The van der Waals surface area contributed by atoms with Gasteiger partial charge in [0.05, 0.1) is 6.42 Å². The first-order valence-corrected chi connectivity index (χ1v) is 6.08. The van der Waals surface area contributed by atoms with Crippen LogP contribution >= 0.6 is 23.2 Å². The molecule has 0 aromatic heterocycles. The van der Waals surface area contributed by atoms with Crippen molar-refractivity contribution in [2.24, 2.45) is 0 Å². The van der Waals surface area contributed by atoms with Gasteiger partial charge in [0.25, 0.3) is 0 Å². The molecule has 0 amide bonds. The van der Waals surface area contributed by atoms with Crippen LogP contribution in [0.5, 0.6) is 0 Å². The predicted octanol–water partition coefficient (Wildman–Crippen LogP) is 4.29. The summed E-state index contributed by atoms with van der Waals surface area (Å²) in [6.07, 6.45) is -0.110. The summed E-state index contributed by atoms with van der Waals surface area (Å²) in [4.78, 5) is 10.9. The Kier molecular flexibility index (Phi) is 3.90. The molecule has 2 nitrogen and oxygen atoms in total. The van der Waals surface area contributed by atoms with Gasteiger partial charge in [-0.1, -0.05) is 47.5 Å². The lowest BCUT2D eigenvalue weighted by Crippen LogP contribution is -2.02. The van der Waals surface area contributed by atoms with E-state index in [1.54, 1.807) is 24.3 Å². The Morgan fingerprint density at radius 3 is 2.50 bits per heavy atom. The Hall–Kier alpha value is -1.51. The number of hydrogen-bond acceptors (Lipinski definition) is 1. The summed E-state index contributed by atoms with van der Waals surface area (Å²) >= 11 is 12.0. The van der Waals surface area contributed by atoms with Crippen molar-refractivity contribution < 1.29 is 9.90 Å². The van der Waals surface area contributed by atoms with Gasteiger partial charge < -0.3 is 5.11 Å². The molecule has 92 valence electrons. The Labute approximate surface area is 115 Å². The van der Waals surface area contributed by atoms with Crippen molar-refractivity contribution in [1.82, 2.24) is 0 Å². The molecule has 18 heavy (non-hydrogen) atoms. The van der Waals surface area contributed by atoms with Crippen LogP contribution in [0.4, 0.5) is 0 Å². The lowest BCUT2D eigenvalue weighted by molar-refractivity contribution is -0.136. The van der Waals surface area contributed by atoms with Crippen molar-refractivity contribution in [3.63, 3.8) is 0 Å². The number of carbonyl (C=O) groups is 1. The average molecular weight is 281 g/mol. The van der Waals surface area contributed by atoms with Gasteiger partial charge in [-0.15, -0.1) is 0 Å². The van der Waals surface area contributed by atoms with E-state index in [1.807, 2.05) is 18.2 Å². The zero-order chi connectivity index (χ0) is 13.1. The van der Waals surface area contributed by atoms with Crippen LogP contribution in [0, 0.1) is 0 Å². The molecule has 4 heteroatoms. The van der Waals surface area contributed by atoms with Crippen LogP contribution in [0.15, 0.2) is 42.5 Å². The fraction of sp³-hybridized carbons (Fsp3) is 0.0714. The second kappa shape index (κ2) is 5.42. The summed E-state index contributed by atoms with van der Waals surface area (Å²) in [5.41, 5.74) is 2.27. The molecule has 0 aliphatic carbocycles. The van der Waals surface area contributed by atoms with Crippen LogP contribution in [0.1, 0.15) is 5.56 Å². The molecule has 0 radical (unpaired) electrons. The third-order valence-electron chi connectivity index (χ3n) is 2.58. The van der Waals surface area contributed by atoms with Crippen LogP contribution in [0.25, 0.3) is 11.1 Å². The molecule has 2 aromatic carbocycles. The summed E-state index contributed by atoms with van der Waals surface area (Å²) in [6, 6.07) is 12.6. The maximum absolute atomic E-state index is 10.9. The molecule has 0 saturated carbocycles. The van der Waals surface area contributed by atoms with Gasteiger partial charge in [0.15, 0.2) is 0 Å². The molecule has 0 fully saturated rings. The normalized spacial score (nSPS) is 10.3. The highest BCUT2D eigenvalue weighted by Crippen LogP contribution is 2.30. The third-order valence-corrected chi connectivity index (χ3v) is 3.17. The molecular formula is C14H10Cl2O2. The van der Waals surface area contributed by atoms with Crippen LogP contribution in [-0.4, -0.2) is 11.1 Å². The highest BCUT2D eigenvalue weighted by Gasteiger charge is 2.12. The smallest absolute Gasteiger partial charge is 0.307 e. The van der Waals surface area contributed by atoms with Crippen molar-refractivity contribution in [3.05, 3.63) is 58.1 Å². The van der Waals surface area contributed by atoms with E-state index in [0.717, 1.165) is 11.1 Å². The number of halogens is 2. The molecular weight excluding hydrogens is 271 g/mol. The first kappa shape index (κ1) is 12.9. The van der Waals surface area contributed by atoms with E-state index in [-0.39, 0.29) is 6.42 Å². The van der Waals surface area contributed by atoms with Crippen molar-refractivity contribution in [1.29, 1.82) is 0 Å². The fourth-order valence-corrected chi connectivity index (χ4v) is 2.25. The van der Waals surface area contributed by atoms with Crippen molar-refractivity contribution in [3.8, 4) is 11.1 Å². The minimum absolute atomic E-state index is 0.110. The number of hydrogen-bond donors (Lipinski definition) is 1. The average Bonchev–Trinajstić information content (AvgIpc) is 2.31. The molecule has 0 aliphatic rings. The molecule has 0 aliphatic heterocycles. The van der Waals surface area contributed by atoms with Gasteiger partial charge in [-0.25, -0.2) is 0 Å². The minimum atomic E-state index is -0.911. The Balaban J connectivity index is 2.56. The van der Waals surface area contributed by atoms with Crippen LogP contribution < -0.4 is 0 Å². The van der Waals surface area contributed by atoms with Crippen LogP contribution in [0.2, 0.25) is 10.0 Å². The molecule has 2 aromatic rings. The third kappa shape index (κ3) is 2.84. The second-order valence-electron chi connectivity index (χ2n) is 3.85. The van der Waals surface area contributed by atoms with Crippen molar-refractivity contribution >= 4 is 29.2 Å². The lowest BCUT2D eigenvalue weighted by atomic mass is 9.98. The highest BCUT2D eigenvalue weighted by molar-refractivity contribution is 6.32. The number of benzene rings is 2. The summed E-state index contributed by atoms with van der Waals surface area (Å²) in [7, 11) is 0. The molecule has 0 spiro atoms. The zero-order valence-corrected chi connectivity index (χ0v) is 10.9. The molecule has 0 heterocycles. The molecule has 0 bridgehead atoms. The predicted molar refractivity (Wildman–Crippen MR) is 73.2 cm³/mol. The Morgan fingerprint density at radius 1 is 1.11 bits per heavy atom. The Bertz CT molecular complexity index is 594. The monoisotopic (exact) mass is 280 g/mol. The topological polar surface area (TPSA) is 37.3 Å². The molecule has 2 rings (SSSR count). The SMILES string of the molecule is O=C(O)Cc1c(Cl)cccc1-c1cccc(Cl)c1. The van der Waals surface area contributed by atoms with Crippen molar-refractivity contribution in [2.45, 2.75) is 6.42 Å². The minimum Gasteiger partial charge on any atom is -0.481 e. The summed E-state index contributed by atoms with van der Waals surface area (Å²) in [5.74, 6) is -0.911. The van der Waals surface area contributed by atoms with Crippen LogP contribution in [-0.2, 0) is 11.2 Å². The summed E-state index contributed by atoms with van der Waals surface area (Å²) in [5, 5.41) is 9.99. The van der Waals surface area contributed by atoms with Gasteiger partial charge in [0.2, 0.25) is 0 Å².